The first-order valence-corrected chi connectivity index (χ1v) is 6.95. The molecule has 0 spiro atoms. The van der Waals surface area contributed by atoms with Gasteiger partial charge in [-0.3, -0.25) is 4.79 Å². The van der Waals surface area contributed by atoms with Gasteiger partial charge in [-0.15, -0.1) is 0 Å². The van der Waals surface area contributed by atoms with Crippen LogP contribution in [0.15, 0.2) is 42.6 Å². The van der Waals surface area contributed by atoms with Gasteiger partial charge in [0.15, 0.2) is 0 Å². The Morgan fingerprint density at radius 3 is 2.86 bits per heavy atom. The smallest absolute Gasteiger partial charge is 0.252 e. The number of hydrogen-bond donors (Lipinski definition) is 2. The van der Waals surface area contributed by atoms with Crippen LogP contribution < -0.4 is 10.6 Å². The lowest BCUT2D eigenvalue weighted by atomic mass is 10.2. The molecule has 2 rings (SSSR count). The van der Waals surface area contributed by atoms with Crippen molar-refractivity contribution < 1.29 is 13.9 Å². The fourth-order valence-corrected chi connectivity index (χ4v) is 1.84. The van der Waals surface area contributed by atoms with Crippen molar-refractivity contribution in [2.45, 2.75) is 6.42 Å². The van der Waals surface area contributed by atoms with Crippen molar-refractivity contribution in [2.24, 2.45) is 0 Å². The van der Waals surface area contributed by atoms with Crippen molar-refractivity contribution >= 4 is 17.4 Å². The SMILES string of the molecule is COCCCNC(=O)c1ccc(Nc2cccc(F)c2)nc1. The lowest BCUT2D eigenvalue weighted by Gasteiger charge is -2.07. The van der Waals surface area contributed by atoms with E-state index in [1.54, 1.807) is 31.4 Å². The van der Waals surface area contributed by atoms with Gasteiger partial charge < -0.3 is 15.4 Å². The van der Waals surface area contributed by atoms with Gasteiger partial charge in [-0.1, -0.05) is 6.07 Å². The Morgan fingerprint density at radius 2 is 2.18 bits per heavy atom. The second kappa shape index (κ2) is 8.09. The van der Waals surface area contributed by atoms with Crippen LogP contribution in [0.5, 0.6) is 0 Å². The quantitative estimate of drug-likeness (QED) is 0.772. The van der Waals surface area contributed by atoms with E-state index >= 15 is 0 Å². The summed E-state index contributed by atoms with van der Waals surface area (Å²) < 4.78 is 18.0. The summed E-state index contributed by atoms with van der Waals surface area (Å²) in [6.07, 6.45) is 2.24. The maximum Gasteiger partial charge on any atom is 0.252 e. The first-order chi connectivity index (χ1) is 10.7. The predicted octanol–water partition coefficient (Wildman–Crippen LogP) is 2.73. The predicted molar refractivity (Wildman–Crippen MR) is 82.7 cm³/mol. The van der Waals surface area contributed by atoms with Gasteiger partial charge in [0.1, 0.15) is 11.6 Å². The van der Waals surface area contributed by atoms with Crippen LogP contribution in [-0.2, 0) is 4.74 Å². The first kappa shape index (κ1) is 15.9. The Hall–Kier alpha value is -2.47. The minimum atomic E-state index is -0.322. The molecule has 5 nitrogen and oxygen atoms in total. The fraction of sp³-hybridized carbons (Fsp3) is 0.250. The second-order valence-corrected chi connectivity index (χ2v) is 4.67. The molecule has 2 N–H and O–H groups in total. The number of aromatic nitrogens is 1. The first-order valence-electron chi connectivity index (χ1n) is 6.95. The molecule has 0 aliphatic carbocycles. The summed E-state index contributed by atoms with van der Waals surface area (Å²) in [6.45, 7) is 1.16. The Balaban J connectivity index is 1.91. The molecule has 0 radical (unpaired) electrons. The molecule has 0 unspecified atom stereocenters. The van der Waals surface area contributed by atoms with E-state index in [4.69, 9.17) is 4.74 Å². The van der Waals surface area contributed by atoms with Crippen LogP contribution in [0.3, 0.4) is 0 Å². The molecule has 0 aliphatic rings. The van der Waals surface area contributed by atoms with E-state index in [0.717, 1.165) is 6.42 Å². The highest BCUT2D eigenvalue weighted by atomic mass is 19.1. The minimum absolute atomic E-state index is 0.180. The van der Waals surface area contributed by atoms with Crippen molar-refractivity contribution in [3.05, 3.63) is 54.0 Å². The number of carbonyl (C=O) groups is 1. The fourth-order valence-electron chi connectivity index (χ4n) is 1.84. The molecule has 0 saturated carbocycles. The zero-order chi connectivity index (χ0) is 15.8. The Labute approximate surface area is 128 Å². The summed E-state index contributed by atoms with van der Waals surface area (Å²) in [5, 5.41) is 5.75. The maximum absolute atomic E-state index is 13.1. The molecule has 1 aromatic heterocycles. The number of amides is 1. The summed E-state index contributed by atoms with van der Waals surface area (Å²) in [7, 11) is 1.62. The molecule has 116 valence electrons. The molecule has 0 bridgehead atoms. The van der Waals surface area contributed by atoms with Gasteiger partial charge in [0.05, 0.1) is 5.56 Å². The van der Waals surface area contributed by atoms with E-state index in [9.17, 15) is 9.18 Å². The molecule has 2 aromatic rings. The van der Waals surface area contributed by atoms with Gasteiger partial charge >= 0.3 is 0 Å². The molecule has 0 fully saturated rings. The summed E-state index contributed by atoms with van der Waals surface area (Å²) in [4.78, 5) is 16.0. The highest BCUT2D eigenvalue weighted by Gasteiger charge is 2.05. The van der Waals surface area contributed by atoms with Crippen molar-refractivity contribution in [2.75, 3.05) is 25.6 Å². The molecule has 0 aliphatic heterocycles. The van der Waals surface area contributed by atoms with Crippen molar-refractivity contribution in [3.8, 4) is 0 Å². The van der Waals surface area contributed by atoms with Crippen LogP contribution in [0.2, 0.25) is 0 Å². The summed E-state index contributed by atoms with van der Waals surface area (Å²) >= 11 is 0. The lowest BCUT2D eigenvalue weighted by Crippen LogP contribution is -2.25. The number of rotatable bonds is 7. The summed E-state index contributed by atoms with van der Waals surface area (Å²) in [5.74, 6) is 0.0412. The zero-order valence-corrected chi connectivity index (χ0v) is 12.3. The lowest BCUT2D eigenvalue weighted by molar-refractivity contribution is 0.0948. The summed E-state index contributed by atoms with van der Waals surface area (Å²) in [6, 6.07) is 9.43. The molecule has 1 heterocycles. The van der Waals surface area contributed by atoms with E-state index in [1.165, 1.54) is 18.3 Å². The number of methoxy groups -OCH3 is 1. The van der Waals surface area contributed by atoms with E-state index in [1.807, 2.05) is 0 Å². The van der Waals surface area contributed by atoms with Gasteiger partial charge in [0.25, 0.3) is 5.91 Å². The molecule has 1 aromatic carbocycles. The average molecular weight is 303 g/mol. The number of nitrogens with zero attached hydrogens (tertiary/aromatic N) is 1. The standard InChI is InChI=1S/C16H18FN3O2/c1-22-9-3-8-18-16(21)12-6-7-15(19-11-12)20-14-5-2-4-13(17)10-14/h2,4-7,10-11H,3,8-9H2,1H3,(H,18,21)(H,19,20). The number of hydrogen-bond acceptors (Lipinski definition) is 4. The van der Waals surface area contributed by atoms with E-state index in [2.05, 4.69) is 15.6 Å². The number of ether oxygens (including phenoxy) is 1. The molecule has 22 heavy (non-hydrogen) atoms. The van der Waals surface area contributed by atoms with Crippen molar-refractivity contribution in [1.82, 2.24) is 10.3 Å². The number of halogens is 1. The normalized spacial score (nSPS) is 10.3. The monoisotopic (exact) mass is 303 g/mol. The van der Waals surface area contributed by atoms with Crippen LogP contribution in [-0.4, -0.2) is 31.2 Å². The number of anilines is 2. The third kappa shape index (κ3) is 4.82. The highest BCUT2D eigenvalue weighted by molar-refractivity contribution is 5.94. The molecule has 0 saturated heterocycles. The highest BCUT2D eigenvalue weighted by Crippen LogP contribution is 2.15. The number of benzene rings is 1. The molecular formula is C16H18FN3O2. The zero-order valence-electron chi connectivity index (χ0n) is 12.3. The molecular weight excluding hydrogens is 285 g/mol. The molecule has 0 atom stereocenters. The molecule has 6 heteroatoms. The van der Waals surface area contributed by atoms with Gasteiger partial charge in [0, 0.05) is 32.1 Å². The van der Waals surface area contributed by atoms with Crippen molar-refractivity contribution in [3.63, 3.8) is 0 Å². The topological polar surface area (TPSA) is 63.2 Å². The largest absolute Gasteiger partial charge is 0.385 e. The van der Waals surface area contributed by atoms with E-state index in [0.29, 0.717) is 30.2 Å². The van der Waals surface area contributed by atoms with Crippen LogP contribution in [0, 0.1) is 5.82 Å². The van der Waals surface area contributed by atoms with E-state index in [-0.39, 0.29) is 11.7 Å². The Kier molecular flexibility index (Phi) is 5.85. The number of pyridine rings is 1. The van der Waals surface area contributed by atoms with Crippen LogP contribution >= 0.6 is 0 Å². The van der Waals surface area contributed by atoms with Crippen LogP contribution in [0.4, 0.5) is 15.9 Å². The third-order valence-corrected chi connectivity index (χ3v) is 2.93. The minimum Gasteiger partial charge on any atom is -0.385 e. The van der Waals surface area contributed by atoms with Crippen LogP contribution in [0.1, 0.15) is 16.8 Å². The van der Waals surface area contributed by atoms with Gasteiger partial charge in [-0.05, 0) is 36.8 Å². The second-order valence-electron chi connectivity index (χ2n) is 4.67. The number of carbonyl (C=O) groups excluding carboxylic acids is 1. The van der Waals surface area contributed by atoms with Crippen molar-refractivity contribution in [1.29, 1.82) is 0 Å². The van der Waals surface area contributed by atoms with Crippen LogP contribution in [0.25, 0.3) is 0 Å². The van der Waals surface area contributed by atoms with E-state index < -0.39 is 0 Å². The Morgan fingerprint density at radius 1 is 1.32 bits per heavy atom. The van der Waals surface area contributed by atoms with Gasteiger partial charge in [-0.25, -0.2) is 9.37 Å². The third-order valence-electron chi connectivity index (χ3n) is 2.93. The average Bonchev–Trinajstić information content (AvgIpc) is 2.52. The molecule has 1 amide bonds. The summed E-state index contributed by atoms with van der Waals surface area (Å²) in [5.41, 5.74) is 1.08. The maximum atomic E-state index is 13.1. The Bertz CT molecular complexity index is 617. The van der Waals surface area contributed by atoms with Gasteiger partial charge in [0.2, 0.25) is 0 Å². The number of nitrogens with one attached hydrogen (secondary N) is 2. The van der Waals surface area contributed by atoms with Gasteiger partial charge in [-0.2, -0.15) is 0 Å².